The summed E-state index contributed by atoms with van der Waals surface area (Å²) in [6.07, 6.45) is 0. The summed E-state index contributed by atoms with van der Waals surface area (Å²) in [6.45, 7) is 8.53. The van der Waals surface area contributed by atoms with E-state index in [2.05, 4.69) is 223 Å². The average Bonchev–Trinajstić information content (AvgIpc) is 4.13. The Morgan fingerprint density at radius 1 is 0.309 bits per heavy atom. The molecule has 0 aliphatic heterocycles. The fraction of sp³-hybridized carbons (Fsp3) is 0. The Balaban J connectivity index is 0.913. The van der Waals surface area contributed by atoms with Gasteiger partial charge in [-0.1, -0.05) is 133 Å². The lowest BCUT2D eigenvalue weighted by atomic mass is 9.97. The van der Waals surface area contributed by atoms with E-state index in [1.54, 1.807) is 0 Å². The maximum Gasteiger partial charge on any atom is 0.197 e. The van der Waals surface area contributed by atoms with Gasteiger partial charge in [0.2, 0.25) is 0 Å². The van der Waals surface area contributed by atoms with Gasteiger partial charge in [-0.3, -0.25) is 0 Å². The highest BCUT2D eigenvalue weighted by Crippen LogP contribution is 2.42. The molecule has 0 saturated heterocycles. The number of rotatable bonds is 5. The zero-order chi connectivity index (χ0) is 45.0. The molecule has 0 fully saturated rings. The van der Waals surface area contributed by atoms with Crippen molar-refractivity contribution in [2.75, 3.05) is 0 Å². The zero-order valence-electron chi connectivity index (χ0n) is 36.5. The molecule has 4 heterocycles. The molecule has 0 unspecified atom stereocenters. The molecule has 0 saturated carbocycles. The van der Waals surface area contributed by atoms with Crippen LogP contribution in [0.2, 0.25) is 0 Å². The second-order valence-corrected chi connectivity index (χ2v) is 17.5. The molecule has 14 aromatic rings. The Morgan fingerprint density at radius 2 is 0.603 bits per heavy atom. The van der Waals surface area contributed by atoms with Crippen LogP contribution in [0.25, 0.3) is 126 Å². The average molecular weight is 865 g/mol. The first-order chi connectivity index (χ1) is 33.7. The van der Waals surface area contributed by atoms with E-state index in [1.165, 1.54) is 21.5 Å². The fourth-order valence-corrected chi connectivity index (χ4v) is 11.1. The van der Waals surface area contributed by atoms with Gasteiger partial charge < -0.3 is 18.3 Å². The summed E-state index contributed by atoms with van der Waals surface area (Å²) in [5.74, 6) is 0. The van der Waals surface area contributed by atoms with Gasteiger partial charge in [0.1, 0.15) is 0 Å². The molecule has 0 aliphatic rings. The van der Waals surface area contributed by atoms with E-state index >= 15 is 0 Å². The number of nitrogens with zero attached hydrogens (tertiary/aromatic N) is 6. The first kappa shape index (κ1) is 37.7. The van der Waals surface area contributed by atoms with Gasteiger partial charge in [0.15, 0.2) is 5.69 Å². The highest BCUT2D eigenvalue weighted by Gasteiger charge is 2.21. The normalized spacial score (nSPS) is 11.8. The molecule has 0 N–H and O–H groups in total. The number of nitriles is 1. The van der Waals surface area contributed by atoms with Crippen LogP contribution in [-0.2, 0) is 0 Å². The lowest BCUT2D eigenvalue weighted by Crippen LogP contribution is -1.99. The third kappa shape index (κ3) is 5.31. The minimum atomic E-state index is 0.476. The molecule has 6 heteroatoms. The summed E-state index contributed by atoms with van der Waals surface area (Å²) in [5.41, 5.74) is 15.1. The van der Waals surface area contributed by atoms with Crippen LogP contribution >= 0.6 is 0 Å². The zero-order valence-corrected chi connectivity index (χ0v) is 36.5. The van der Waals surface area contributed by atoms with Crippen LogP contribution in [0.15, 0.2) is 218 Å². The second kappa shape index (κ2) is 14.4. The van der Waals surface area contributed by atoms with Crippen LogP contribution in [0.3, 0.4) is 0 Å². The third-order valence-corrected chi connectivity index (χ3v) is 14.0. The predicted octanol–water partition coefficient (Wildman–Crippen LogP) is 16.2. The highest BCUT2D eigenvalue weighted by molar-refractivity contribution is 6.14. The van der Waals surface area contributed by atoms with Gasteiger partial charge in [0.05, 0.1) is 62.3 Å². The van der Waals surface area contributed by atoms with Crippen molar-refractivity contribution in [3.05, 3.63) is 235 Å². The van der Waals surface area contributed by atoms with Crippen molar-refractivity contribution in [3.8, 4) is 39.9 Å². The van der Waals surface area contributed by atoms with Crippen molar-refractivity contribution < 1.29 is 0 Å². The van der Waals surface area contributed by atoms with Crippen LogP contribution < -0.4 is 0 Å². The van der Waals surface area contributed by atoms with Crippen LogP contribution in [0.1, 0.15) is 5.56 Å². The Kier molecular flexibility index (Phi) is 8.01. The lowest BCUT2D eigenvalue weighted by molar-refractivity contribution is 1.15. The largest absolute Gasteiger partial charge is 0.310 e. The van der Waals surface area contributed by atoms with Crippen LogP contribution in [-0.4, -0.2) is 18.3 Å². The van der Waals surface area contributed by atoms with Crippen molar-refractivity contribution in [2.24, 2.45) is 0 Å². The topological polar surface area (TPSA) is 47.9 Å². The van der Waals surface area contributed by atoms with Crippen LogP contribution in [0.5, 0.6) is 0 Å². The lowest BCUT2D eigenvalue weighted by Gasteiger charge is -2.15. The molecule has 10 aromatic carbocycles. The Labute approximate surface area is 390 Å². The number of para-hydroxylation sites is 6. The van der Waals surface area contributed by atoms with E-state index in [1.807, 2.05) is 24.3 Å². The third-order valence-electron chi connectivity index (χ3n) is 14.0. The molecule has 0 spiro atoms. The molecular formula is C62H36N6. The van der Waals surface area contributed by atoms with Crippen molar-refractivity contribution in [1.82, 2.24) is 18.3 Å². The van der Waals surface area contributed by atoms with Gasteiger partial charge in [-0.15, -0.1) is 0 Å². The van der Waals surface area contributed by atoms with E-state index in [-0.39, 0.29) is 0 Å². The predicted molar refractivity (Wildman–Crippen MR) is 280 cm³/mol. The molecule has 6 nitrogen and oxygen atoms in total. The minimum Gasteiger partial charge on any atom is -0.310 e. The SMILES string of the molecule is [C-]#[N+]c1cc(-n2c3ccccc3c3ccc(-n4c5ccccc5c5ccccc54)cc32)ccc1-c1ccc(-n2c3ccccc3c3ccc(-n4c5ccccc5c5ccccc54)cc32)cc1C#N. The Morgan fingerprint density at radius 3 is 0.971 bits per heavy atom. The van der Waals surface area contributed by atoms with Crippen LogP contribution in [0.4, 0.5) is 5.69 Å². The standard InChI is InChI=1S/C62H36N6/c1-64-54-35-41(68-60-25-13-7-19-51(60)53-33-29-43(37-62(53)68)66-57-22-10-4-16-48(57)49-17-5-11-23-58(49)66)27-31-45(54)44-30-26-40(34-39(44)38-63)67-59-24-12-6-18-50(59)52-32-28-42(36-61(52)67)65-55-20-8-2-14-46(55)47-15-3-9-21-56(47)65/h2-37H. The summed E-state index contributed by atoms with van der Waals surface area (Å²) in [4.78, 5) is 4.13. The molecule has 0 atom stereocenters. The smallest absolute Gasteiger partial charge is 0.197 e. The van der Waals surface area contributed by atoms with Crippen LogP contribution in [0, 0.1) is 17.9 Å². The molecule has 314 valence electrons. The van der Waals surface area contributed by atoms with Crippen molar-refractivity contribution in [3.63, 3.8) is 0 Å². The number of benzene rings is 10. The van der Waals surface area contributed by atoms with E-state index in [9.17, 15) is 5.26 Å². The highest BCUT2D eigenvalue weighted by atomic mass is 15.0. The number of hydrogen-bond donors (Lipinski definition) is 0. The number of aromatic nitrogens is 4. The van der Waals surface area contributed by atoms with Gasteiger partial charge in [-0.05, 0) is 96.1 Å². The Bertz CT molecular complexity index is 4140. The summed E-state index contributed by atoms with van der Waals surface area (Å²) >= 11 is 0. The van der Waals surface area contributed by atoms with Crippen molar-refractivity contribution in [1.29, 1.82) is 5.26 Å². The molecule has 0 amide bonds. The summed E-state index contributed by atoms with van der Waals surface area (Å²) in [5, 5.41) is 20.3. The molecule has 4 aromatic heterocycles. The van der Waals surface area contributed by atoms with Crippen molar-refractivity contribution in [2.45, 2.75) is 0 Å². The fourth-order valence-electron chi connectivity index (χ4n) is 11.1. The molecule has 0 radical (unpaired) electrons. The van der Waals surface area contributed by atoms with Gasteiger partial charge >= 0.3 is 0 Å². The monoisotopic (exact) mass is 864 g/mol. The number of fused-ring (bicyclic) bond motifs is 12. The van der Waals surface area contributed by atoms with Gasteiger partial charge in [0.25, 0.3) is 0 Å². The molecule has 0 bridgehead atoms. The number of hydrogen-bond acceptors (Lipinski definition) is 1. The minimum absolute atomic E-state index is 0.476. The quantitative estimate of drug-likeness (QED) is 0.159. The summed E-state index contributed by atoms with van der Waals surface area (Å²) < 4.78 is 9.22. The van der Waals surface area contributed by atoms with Gasteiger partial charge in [0, 0.05) is 65.8 Å². The summed E-state index contributed by atoms with van der Waals surface area (Å²) in [7, 11) is 0. The maximum absolute atomic E-state index is 10.9. The van der Waals surface area contributed by atoms with Gasteiger partial charge in [-0.2, -0.15) is 5.26 Å². The maximum atomic E-state index is 10.9. The second-order valence-electron chi connectivity index (χ2n) is 17.5. The molecule has 14 rings (SSSR count). The van der Waals surface area contributed by atoms with Gasteiger partial charge in [-0.25, -0.2) is 4.85 Å². The van der Waals surface area contributed by atoms with E-state index < -0.39 is 0 Å². The van der Waals surface area contributed by atoms with Crippen molar-refractivity contribution >= 4 is 92.9 Å². The molecular weight excluding hydrogens is 829 g/mol. The van der Waals surface area contributed by atoms with E-state index in [4.69, 9.17) is 6.57 Å². The summed E-state index contributed by atoms with van der Waals surface area (Å²) in [6, 6.07) is 79.3. The first-order valence-corrected chi connectivity index (χ1v) is 22.8. The molecule has 0 aliphatic carbocycles. The van der Waals surface area contributed by atoms with E-state index in [0.29, 0.717) is 11.3 Å². The Hall–Kier alpha value is -9.62. The molecule has 68 heavy (non-hydrogen) atoms. The van der Waals surface area contributed by atoms with E-state index in [0.717, 1.165) is 99.6 Å². The first-order valence-electron chi connectivity index (χ1n) is 22.8.